The summed E-state index contributed by atoms with van der Waals surface area (Å²) in [6, 6.07) is 11.5. The van der Waals surface area contributed by atoms with Gasteiger partial charge in [-0.25, -0.2) is 12.8 Å². The Balaban J connectivity index is 1.47. The molecule has 0 aliphatic carbocycles. The lowest BCUT2D eigenvalue weighted by molar-refractivity contribution is -0.138. The molecule has 0 bridgehead atoms. The van der Waals surface area contributed by atoms with Crippen LogP contribution in [0.3, 0.4) is 0 Å². The van der Waals surface area contributed by atoms with Crippen molar-refractivity contribution >= 4 is 33.0 Å². The topological polar surface area (TPSA) is 81.8 Å². The Bertz CT molecular complexity index is 1600. The first kappa shape index (κ1) is 32.9. The average molecular weight is 647 g/mol. The summed E-state index contributed by atoms with van der Waals surface area (Å²) >= 11 is 0. The predicted molar refractivity (Wildman–Crippen MR) is 152 cm³/mol. The number of piperazine rings is 1. The van der Waals surface area contributed by atoms with Crippen molar-refractivity contribution in [2.45, 2.75) is 31.7 Å². The highest BCUT2D eigenvalue weighted by atomic mass is 32.2. The number of amides is 1. The van der Waals surface area contributed by atoms with Crippen LogP contribution in [0.15, 0.2) is 60.7 Å². The summed E-state index contributed by atoms with van der Waals surface area (Å²) in [6.45, 7) is 2.58. The number of rotatable bonds is 8. The summed E-state index contributed by atoms with van der Waals surface area (Å²) in [5.74, 6) is -2.29. The maximum atomic E-state index is 14.4. The van der Waals surface area contributed by atoms with Crippen LogP contribution in [0.4, 0.5) is 47.8 Å². The SMILES string of the molecule is CC(C(=O)NCc1ccc(C(F)(F)F)cc1N1CCN(c2ccc(C(F)(F)F)cc2)CC1)c1ccc(NS(C)(=O)=O)c(F)c1. The Kier molecular flexibility index (Phi) is 9.37. The molecule has 1 aliphatic heterocycles. The molecule has 3 aromatic rings. The number of halogens is 7. The first-order valence-electron chi connectivity index (χ1n) is 13.3. The molecule has 1 saturated heterocycles. The van der Waals surface area contributed by atoms with Crippen LogP contribution >= 0.6 is 0 Å². The Morgan fingerprint density at radius 2 is 1.41 bits per heavy atom. The number of carbonyl (C=O) groups excluding carboxylic acids is 1. The van der Waals surface area contributed by atoms with E-state index in [1.54, 1.807) is 4.90 Å². The lowest BCUT2D eigenvalue weighted by Crippen LogP contribution is -2.47. The van der Waals surface area contributed by atoms with Gasteiger partial charge in [0.05, 0.1) is 29.0 Å². The van der Waals surface area contributed by atoms with Gasteiger partial charge in [0.15, 0.2) is 0 Å². The maximum Gasteiger partial charge on any atom is 0.416 e. The fourth-order valence-electron chi connectivity index (χ4n) is 4.82. The molecule has 3 aromatic carbocycles. The number of hydrogen-bond acceptors (Lipinski definition) is 5. The molecule has 0 saturated carbocycles. The normalized spacial score (nSPS) is 15.2. The van der Waals surface area contributed by atoms with E-state index in [9.17, 15) is 43.9 Å². The highest BCUT2D eigenvalue weighted by Gasteiger charge is 2.33. The van der Waals surface area contributed by atoms with Crippen LogP contribution in [0.1, 0.15) is 35.1 Å². The third-order valence-electron chi connectivity index (χ3n) is 7.23. The van der Waals surface area contributed by atoms with E-state index in [2.05, 4.69) is 5.32 Å². The molecule has 15 heteroatoms. The molecule has 1 aliphatic rings. The van der Waals surface area contributed by atoms with Crippen LogP contribution in [0.5, 0.6) is 0 Å². The summed E-state index contributed by atoms with van der Waals surface area (Å²) in [5, 5.41) is 2.68. The van der Waals surface area contributed by atoms with Crippen LogP contribution in [0.2, 0.25) is 0 Å². The van der Waals surface area contributed by atoms with Gasteiger partial charge in [-0.15, -0.1) is 0 Å². The minimum atomic E-state index is -4.62. The van der Waals surface area contributed by atoms with Gasteiger partial charge in [-0.1, -0.05) is 12.1 Å². The van der Waals surface area contributed by atoms with E-state index >= 15 is 0 Å². The molecule has 1 unspecified atom stereocenters. The van der Waals surface area contributed by atoms with Crippen LogP contribution in [0.25, 0.3) is 0 Å². The molecule has 7 nitrogen and oxygen atoms in total. The Morgan fingerprint density at radius 3 is 1.95 bits per heavy atom. The van der Waals surface area contributed by atoms with Gasteiger partial charge in [0.25, 0.3) is 0 Å². The number of benzene rings is 3. The highest BCUT2D eigenvalue weighted by Crippen LogP contribution is 2.35. The summed E-state index contributed by atoms with van der Waals surface area (Å²) < 4.78 is 119. The summed E-state index contributed by atoms with van der Waals surface area (Å²) in [5.41, 5.74) is -0.472. The molecule has 44 heavy (non-hydrogen) atoms. The van der Waals surface area contributed by atoms with E-state index in [1.165, 1.54) is 37.3 Å². The molecule has 4 rings (SSSR count). The second-order valence-electron chi connectivity index (χ2n) is 10.4. The van der Waals surface area contributed by atoms with E-state index in [0.717, 1.165) is 36.6 Å². The zero-order valence-electron chi connectivity index (χ0n) is 23.6. The Hall–Kier alpha value is -4.01. The molecule has 0 aromatic heterocycles. The van der Waals surface area contributed by atoms with Crippen molar-refractivity contribution in [3.63, 3.8) is 0 Å². The standard InChI is InChI=1S/C29H29F7N4O3S/c1-18(19-4-10-25(24(30)15-19)38-44(2,42)43)27(41)37-17-20-3-5-22(29(34,35)36)16-26(20)40-13-11-39(12-14-40)23-8-6-21(7-9-23)28(31,32)33/h3-10,15-16,18,38H,11-14,17H2,1-2H3,(H,37,41). The van der Waals surface area contributed by atoms with Crippen molar-refractivity contribution in [3.05, 3.63) is 88.7 Å². The van der Waals surface area contributed by atoms with Crippen molar-refractivity contribution in [2.24, 2.45) is 0 Å². The third kappa shape index (κ3) is 8.12. The Labute approximate surface area is 249 Å². The average Bonchev–Trinajstić information content (AvgIpc) is 2.95. The number of nitrogens with one attached hydrogen (secondary N) is 2. The zero-order chi connectivity index (χ0) is 32.4. The van der Waals surface area contributed by atoms with Gasteiger partial charge in [0.2, 0.25) is 15.9 Å². The molecule has 0 radical (unpaired) electrons. The first-order chi connectivity index (χ1) is 20.4. The summed E-state index contributed by atoms with van der Waals surface area (Å²) in [7, 11) is -3.72. The van der Waals surface area contributed by atoms with Gasteiger partial charge in [-0.05, 0) is 66.6 Å². The fourth-order valence-corrected chi connectivity index (χ4v) is 5.39. The van der Waals surface area contributed by atoms with Gasteiger partial charge in [-0.3, -0.25) is 9.52 Å². The zero-order valence-corrected chi connectivity index (χ0v) is 24.4. The van der Waals surface area contributed by atoms with Gasteiger partial charge in [-0.2, -0.15) is 26.3 Å². The molecular formula is C29H29F7N4O3S. The number of anilines is 3. The van der Waals surface area contributed by atoms with Crippen molar-refractivity contribution in [1.29, 1.82) is 0 Å². The van der Waals surface area contributed by atoms with Crippen LogP contribution in [-0.2, 0) is 33.7 Å². The number of nitrogens with zero attached hydrogens (tertiary/aromatic N) is 2. The highest BCUT2D eigenvalue weighted by molar-refractivity contribution is 7.92. The van der Waals surface area contributed by atoms with Crippen molar-refractivity contribution in [1.82, 2.24) is 5.32 Å². The Morgan fingerprint density at radius 1 is 0.841 bits per heavy atom. The minimum absolute atomic E-state index is 0.133. The molecule has 238 valence electrons. The number of alkyl halides is 6. The van der Waals surface area contributed by atoms with Crippen molar-refractivity contribution in [3.8, 4) is 0 Å². The van der Waals surface area contributed by atoms with E-state index in [0.29, 0.717) is 24.3 Å². The van der Waals surface area contributed by atoms with Crippen molar-refractivity contribution in [2.75, 3.05) is 47.0 Å². The van der Waals surface area contributed by atoms with E-state index in [4.69, 9.17) is 0 Å². The number of sulfonamides is 1. The predicted octanol–water partition coefficient (Wildman–Crippen LogP) is 5.98. The molecule has 1 amide bonds. The molecule has 2 N–H and O–H groups in total. The second-order valence-corrected chi connectivity index (χ2v) is 12.2. The lowest BCUT2D eigenvalue weighted by Gasteiger charge is -2.38. The minimum Gasteiger partial charge on any atom is -0.368 e. The smallest absolute Gasteiger partial charge is 0.368 e. The molecule has 1 atom stereocenters. The summed E-state index contributed by atoms with van der Waals surface area (Å²) in [4.78, 5) is 16.5. The second kappa shape index (κ2) is 12.5. The van der Waals surface area contributed by atoms with E-state index in [1.807, 2.05) is 9.62 Å². The largest absolute Gasteiger partial charge is 0.416 e. The maximum absolute atomic E-state index is 14.4. The summed E-state index contributed by atoms with van der Waals surface area (Å²) in [6.07, 6.45) is -8.22. The monoisotopic (exact) mass is 646 g/mol. The first-order valence-corrected chi connectivity index (χ1v) is 15.2. The van der Waals surface area contributed by atoms with Crippen molar-refractivity contribution < 1.29 is 43.9 Å². The molecule has 1 heterocycles. The van der Waals surface area contributed by atoms with Gasteiger partial charge >= 0.3 is 12.4 Å². The van der Waals surface area contributed by atoms with Crippen LogP contribution in [0, 0.1) is 5.82 Å². The van der Waals surface area contributed by atoms with E-state index < -0.39 is 51.1 Å². The number of hydrogen-bond donors (Lipinski definition) is 2. The molecule has 0 spiro atoms. The lowest BCUT2D eigenvalue weighted by atomic mass is 9.99. The molecular weight excluding hydrogens is 617 g/mol. The quantitative estimate of drug-likeness (QED) is 0.295. The van der Waals surface area contributed by atoms with Gasteiger partial charge in [0.1, 0.15) is 5.82 Å². The fraction of sp³-hybridized carbons (Fsp3) is 0.345. The van der Waals surface area contributed by atoms with E-state index in [-0.39, 0.29) is 36.6 Å². The third-order valence-corrected chi connectivity index (χ3v) is 7.82. The van der Waals surface area contributed by atoms with Crippen LogP contribution in [-0.4, -0.2) is 46.8 Å². The van der Waals surface area contributed by atoms with Gasteiger partial charge in [0, 0.05) is 44.1 Å². The van der Waals surface area contributed by atoms with Gasteiger partial charge < -0.3 is 15.1 Å². The molecule has 1 fully saturated rings. The number of carbonyl (C=O) groups is 1. The van der Waals surface area contributed by atoms with Crippen LogP contribution < -0.4 is 19.8 Å².